The molecule has 0 spiro atoms. The molecule has 0 nitrogen and oxygen atoms in total. The van der Waals surface area contributed by atoms with E-state index < -0.39 is 34.7 Å². The van der Waals surface area contributed by atoms with Crippen molar-refractivity contribution < 1.29 is 22.0 Å². The number of allylic oxidation sites excluding steroid dienone is 2. The van der Waals surface area contributed by atoms with Crippen LogP contribution >= 0.6 is 0 Å². The maximum absolute atomic E-state index is 14.2. The summed E-state index contributed by atoms with van der Waals surface area (Å²) in [5.74, 6) is -7.60. The molecular weight excluding hydrogens is 323 g/mol. The molecule has 5 heteroatoms. The Kier molecular flexibility index (Phi) is 5.90. The molecule has 0 atom stereocenters. The molecule has 2 aromatic carbocycles. The lowest BCUT2D eigenvalue weighted by Gasteiger charge is -2.05. The quantitative estimate of drug-likeness (QED) is 0.257. The van der Waals surface area contributed by atoms with Crippen LogP contribution in [0.2, 0.25) is 0 Å². The number of benzene rings is 2. The molecule has 0 heterocycles. The minimum absolute atomic E-state index is 0.0686. The highest BCUT2D eigenvalue weighted by atomic mass is 19.2. The van der Waals surface area contributed by atoms with Gasteiger partial charge >= 0.3 is 0 Å². The van der Waals surface area contributed by atoms with Crippen LogP contribution in [0.1, 0.15) is 30.0 Å². The smallest absolute Gasteiger partial charge is 0.194 e. The van der Waals surface area contributed by atoms with Gasteiger partial charge in [0.25, 0.3) is 0 Å². The Hall–Kier alpha value is -2.43. The van der Waals surface area contributed by atoms with Gasteiger partial charge in [-0.15, -0.1) is 0 Å². The Morgan fingerprint density at radius 2 is 1.38 bits per heavy atom. The predicted octanol–water partition coefficient (Wildman–Crippen LogP) is 6.38. The number of rotatable bonds is 5. The number of halogens is 5. The Labute approximate surface area is 136 Å². The van der Waals surface area contributed by atoms with Crippen molar-refractivity contribution >= 4 is 11.7 Å². The van der Waals surface area contributed by atoms with Crippen LogP contribution in [0, 0.1) is 17.5 Å². The van der Waals surface area contributed by atoms with E-state index in [0.29, 0.717) is 18.6 Å². The molecule has 0 aliphatic heterocycles. The lowest BCUT2D eigenvalue weighted by atomic mass is 10.1. The Bertz CT molecular complexity index is 750. The molecule has 0 saturated carbocycles. The highest BCUT2D eigenvalue weighted by molar-refractivity contribution is 5.83. The molecule has 0 aliphatic carbocycles. The van der Waals surface area contributed by atoms with Crippen molar-refractivity contribution in [3.8, 4) is 0 Å². The van der Waals surface area contributed by atoms with Crippen LogP contribution in [0.15, 0.2) is 48.6 Å². The van der Waals surface area contributed by atoms with Crippen molar-refractivity contribution in [2.45, 2.75) is 19.8 Å². The minimum atomic E-state index is -1.73. The first-order chi connectivity index (χ1) is 11.4. The summed E-state index contributed by atoms with van der Waals surface area (Å²) in [7, 11) is 0. The molecule has 0 amide bonds. The van der Waals surface area contributed by atoms with Gasteiger partial charge in [0.2, 0.25) is 0 Å². The standard InChI is InChI=1S/C19H15F5/c1-2-3-4-5-12-6-8-13(9-7-12)17(22)18(23)14-10-15(20)19(24)16(21)11-14/h3-4,6-11H,2,5H2,1H3/b4-3+,18-17?. The van der Waals surface area contributed by atoms with Gasteiger partial charge in [-0.05, 0) is 30.5 Å². The fraction of sp³-hybridized carbons (Fsp3) is 0.158. The molecule has 0 aliphatic rings. The molecule has 0 saturated heterocycles. The van der Waals surface area contributed by atoms with E-state index in [1.807, 2.05) is 19.1 Å². The average Bonchev–Trinajstić information content (AvgIpc) is 2.59. The van der Waals surface area contributed by atoms with Crippen LogP contribution in [0.3, 0.4) is 0 Å². The lowest BCUT2D eigenvalue weighted by molar-refractivity contribution is 0.446. The molecule has 2 rings (SSSR count). The largest absolute Gasteiger partial charge is 0.204 e. The van der Waals surface area contributed by atoms with Crippen molar-refractivity contribution in [3.05, 3.63) is 82.7 Å². The molecule has 2 aromatic rings. The Morgan fingerprint density at radius 1 is 0.833 bits per heavy atom. The topological polar surface area (TPSA) is 0 Å². The first-order valence-electron chi connectivity index (χ1n) is 7.38. The van der Waals surface area contributed by atoms with E-state index in [-0.39, 0.29) is 5.56 Å². The Morgan fingerprint density at radius 3 is 1.92 bits per heavy atom. The van der Waals surface area contributed by atoms with Gasteiger partial charge < -0.3 is 0 Å². The summed E-state index contributed by atoms with van der Waals surface area (Å²) < 4.78 is 67.4. The fourth-order valence-corrected chi connectivity index (χ4v) is 2.11. The third-order valence-electron chi connectivity index (χ3n) is 3.39. The van der Waals surface area contributed by atoms with Crippen LogP contribution in [-0.4, -0.2) is 0 Å². The van der Waals surface area contributed by atoms with E-state index >= 15 is 0 Å². The molecule has 0 radical (unpaired) electrons. The van der Waals surface area contributed by atoms with Crippen LogP contribution < -0.4 is 0 Å². The summed E-state index contributed by atoms with van der Waals surface area (Å²) in [4.78, 5) is 0. The molecular formula is C19H15F5. The molecule has 0 bridgehead atoms. The van der Waals surface area contributed by atoms with Crippen molar-refractivity contribution in [3.63, 3.8) is 0 Å². The Balaban J connectivity index is 2.30. The van der Waals surface area contributed by atoms with E-state index in [9.17, 15) is 22.0 Å². The number of hydrogen-bond donors (Lipinski definition) is 0. The summed E-state index contributed by atoms with van der Waals surface area (Å²) >= 11 is 0. The van der Waals surface area contributed by atoms with E-state index in [4.69, 9.17) is 0 Å². The van der Waals surface area contributed by atoms with E-state index in [1.54, 1.807) is 12.1 Å². The molecule has 0 N–H and O–H groups in total. The molecule has 126 valence electrons. The van der Waals surface area contributed by atoms with E-state index in [1.165, 1.54) is 12.1 Å². The second kappa shape index (κ2) is 7.90. The maximum atomic E-state index is 14.2. The number of hydrogen-bond acceptors (Lipinski definition) is 0. The van der Waals surface area contributed by atoms with Gasteiger partial charge in [-0.25, -0.2) is 22.0 Å². The van der Waals surface area contributed by atoms with Crippen LogP contribution in [-0.2, 0) is 6.42 Å². The first-order valence-corrected chi connectivity index (χ1v) is 7.38. The van der Waals surface area contributed by atoms with Crippen molar-refractivity contribution in [1.82, 2.24) is 0 Å². The van der Waals surface area contributed by atoms with E-state index in [2.05, 4.69) is 0 Å². The molecule has 0 fully saturated rings. The zero-order valence-electron chi connectivity index (χ0n) is 12.9. The van der Waals surface area contributed by atoms with Crippen molar-refractivity contribution in [1.29, 1.82) is 0 Å². The summed E-state index contributed by atoms with van der Waals surface area (Å²) in [5.41, 5.74) is 0.148. The maximum Gasteiger partial charge on any atom is 0.194 e. The zero-order valence-corrected chi connectivity index (χ0v) is 12.9. The minimum Gasteiger partial charge on any atom is -0.204 e. The summed E-state index contributed by atoms with van der Waals surface area (Å²) in [6, 6.07) is 6.84. The summed E-state index contributed by atoms with van der Waals surface area (Å²) in [6.07, 6.45) is 5.53. The normalized spacial score (nSPS) is 12.6. The monoisotopic (exact) mass is 338 g/mol. The third-order valence-corrected chi connectivity index (χ3v) is 3.39. The SMILES string of the molecule is CC/C=C/Cc1ccc(C(F)=C(F)c2cc(F)c(F)c(F)c2)cc1. The second-order valence-electron chi connectivity index (χ2n) is 5.16. The van der Waals surface area contributed by atoms with Gasteiger partial charge in [-0.2, -0.15) is 0 Å². The highest BCUT2D eigenvalue weighted by Gasteiger charge is 2.17. The predicted molar refractivity (Wildman–Crippen MR) is 84.9 cm³/mol. The van der Waals surface area contributed by atoms with Gasteiger partial charge in [-0.1, -0.05) is 43.3 Å². The van der Waals surface area contributed by atoms with Crippen molar-refractivity contribution in [2.24, 2.45) is 0 Å². The highest BCUT2D eigenvalue weighted by Crippen LogP contribution is 2.30. The lowest BCUT2D eigenvalue weighted by Crippen LogP contribution is -1.94. The third kappa shape index (κ3) is 4.10. The average molecular weight is 338 g/mol. The van der Waals surface area contributed by atoms with Gasteiger partial charge in [0.05, 0.1) is 0 Å². The van der Waals surface area contributed by atoms with Crippen LogP contribution in [0.4, 0.5) is 22.0 Å². The van der Waals surface area contributed by atoms with Crippen LogP contribution in [0.5, 0.6) is 0 Å². The van der Waals surface area contributed by atoms with Crippen LogP contribution in [0.25, 0.3) is 11.7 Å². The van der Waals surface area contributed by atoms with Gasteiger partial charge in [0.15, 0.2) is 29.1 Å². The summed E-state index contributed by atoms with van der Waals surface area (Å²) in [6.45, 7) is 2.00. The fourth-order valence-electron chi connectivity index (χ4n) is 2.11. The summed E-state index contributed by atoms with van der Waals surface area (Å²) in [5, 5.41) is 0. The van der Waals surface area contributed by atoms with Gasteiger partial charge in [-0.3, -0.25) is 0 Å². The molecule has 0 unspecified atom stereocenters. The second-order valence-corrected chi connectivity index (χ2v) is 5.16. The van der Waals surface area contributed by atoms with Crippen molar-refractivity contribution in [2.75, 3.05) is 0 Å². The molecule has 24 heavy (non-hydrogen) atoms. The van der Waals surface area contributed by atoms with E-state index in [0.717, 1.165) is 12.0 Å². The van der Waals surface area contributed by atoms with Gasteiger partial charge in [0, 0.05) is 11.1 Å². The first kappa shape index (κ1) is 17.9. The zero-order chi connectivity index (χ0) is 17.7. The van der Waals surface area contributed by atoms with Gasteiger partial charge in [0.1, 0.15) is 0 Å². The molecule has 0 aromatic heterocycles.